The molecule has 0 aliphatic heterocycles. The highest BCUT2D eigenvalue weighted by molar-refractivity contribution is 5.94. The second-order valence-corrected chi connectivity index (χ2v) is 4.75. The van der Waals surface area contributed by atoms with Crippen LogP contribution in [0, 0.1) is 0 Å². The van der Waals surface area contributed by atoms with E-state index in [0.717, 1.165) is 12.8 Å². The monoisotopic (exact) mass is 296 g/mol. The van der Waals surface area contributed by atoms with E-state index >= 15 is 0 Å². The molecule has 21 heavy (non-hydrogen) atoms. The third-order valence-corrected chi connectivity index (χ3v) is 3.01. The molecule has 1 aromatic rings. The number of hydrogen-bond acceptors (Lipinski definition) is 4. The van der Waals surface area contributed by atoms with Gasteiger partial charge in [-0.1, -0.05) is 6.92 Å². The van der Waals surface area contributed by atoms with Gasteiger partial charge in [-0.3, -0.25) is 9.59 Å². The zero-order valence-corrected chi connectivity index (χ0v) is 12.8. The molecule has 0 fully saturated rings. The lowest BCUT2D eigenvalue weighted by atomic mass is 10.2. The highest BCUT2D eigenvalue weighted by atomic mass is 16.5. The summed E-state index contributed by atoms with van der Waals surface area (Å²) in [5, 5.41) is 2.81. The van der Waals surface area contributed by atoms with Crippen molar-refractivity contribution < 1.29 is 18.7 Å². The maximum Gasteiger partial charge on any atom is 0.257 e. The van der Waals surface area contributed by atoms with Crippen molar-refractivity contribution in [1.82, 2.24) is 10.2 Å². The number of nitrogens with one attached hydrogen (secondary N) is 1. The summed E-state index contributed by atoms with van der Waals surface area (Å²) in [5.74, 6) is -0.156. The average molecular weight is 296 g/mol. The van der Waals surface area contributed by atoms with E-state index in [4.69, 9.17) is 9.15 Å². The van der Waals surface area contributed by atoms with Gasteiger partial charge in [-0.15, -0.1) is 0 Å². The Morgan fingerprint density at radius 3 is 2.81 bits per heavy atom. The highest BCUT2D eigenvalue weighted by Crippen LogP contribution is 2.07. The maximum absolute atomic E-state index is 12.3. The van der Waals surface area contributed by atoms with Crippen LogP contribution in [0.25, 0.3) is 0 Å². The van der Waals surface area contributed by atoms with Crippen molar-refractivity contribution in [3.8, 4) is 0 Å². The minimum absolute atomic E-state index is 0.0337. The molecule has 1 N–H and O–H groups in total. The summed E-state index contributed by atoms with van der Waals surface area (Å²) >= 11 is 0. The van der Waals surface area contributed by atoms with Crippen LogP contribution >= 0.6 is 0 Å². The van der Waals surface area contributed by atoms with E-state index in [0.29, 0.717) is 38.2 Å². The van der Waals surface area contributed by atoms with Gasteiger partial charge in [-0.05, 0) is 18.9 Å². The highest BCUT2D eigenvalue weighted by Gasteiger charge is 2.17. The van der Waals surface area contributed by atoms with E-state index in [1.807, 2.05) is 6.92 Å². The molecular formula is C15H24N2O4. The molecule has 0 aliphatic carbocycles. The molecule has 0 saturated heterocycles. The Labute approximate surface area is 125 Å². The lowest BCUT2D eigenvalue weighted by Crippen LogP contribution is -2.36. The first-order chi connectivity index (χ1) is 10.2. The van der Waals surface area contributed by atoms with E-state index in [-0.39, 0.29) is 11.8 Å². The standard InChI is InChI=1S/C15H24N2O4/c1-3-7-16-14(18)5-9-17(8-4-10-20-2)15(19)13-6-11-21-12-13/h6,11-12H,3-5,7-10H2,1-2H3,(H,16,18). The molecule has 6 heteroatoms. The van der Waals surface area contributed by atoms with Gasteiger partial charge in [-0.25, -0.2) is 0 Å². The fraction of sp³-hybridized carbons (Fsp3) is 0.600. The van der Waals surface area contributed by atoms with Gasteiger partial charge in [-0.2, -0.15) is 0 Å². The summed E-state index contributed by atoms with van der Waals surface area (Å²) in [4.78, 5) is 25.6. The molecule has 1 rings (SSSR count). The van der Waals surface area contributed by atoms with Crippen molar-refractivity contribution in [2.24, 2.45) is 0 Å². The number of methoxy groups -OCH3 is 1. The molecular weight excluding hydrogens is 272 g/mol. The third kappa shape index (κ3) is 6.44. The zero-order valence-electron chi connectivity index (χ0n) is 12.8. The SMILES string of the molecule is CCCNC(=O)CCN(CCCOC)C(=O)c1ccoc1. The largest absolute Gasteiger partial charge is 0.472 e. The van der Waals surface area contributed by atoms with Gasteiger partial charge < -0.3 is 19.4 Å². The minimum atomic E-state index is -0.122. The third-order valence-electron chi connectivity index (χ3n) is 3.01. The van der Waals surface area contributed by atoms with Gasteiger partial charge in [0.25, 0.3) is 5.91 Å². The van der Waals surface area contributed by atoms with Crippen LogP contribution in [0.1, 0.15) is 36.5 Å². The first-order valence-electron chi connectivity index (χ1n) is 7.26. The fourth-order valence-electron chi connectivity index (χ4n) is 1.87. The molecule has 0 aliphatic rings. The summed E-state index contributed by atoms with van der Waals surface area (Å²) < 4.78 is 9.94. The van der Waals surface area contributed by atoms with Crippen LogP contribution < -0.4 is 5.32 Å². The Morgan fingerprint density at radius 2 is 2.19 bits per heavy atom. The van der Waals surface area contributed by atoms with Crippen molar-refractivity contribution in [3.63, 3.8) is 0 Å². The molecule has 0 radical (unpaired) electrons. The quantitative estimate of drug-likeness (QED) is 0.667. The molecule has 0 unspecified atom stereocenters. The Hall–Kier alpha value is -1.82. The maximum atomic E-state index is 12.3. The number of amides is 2. The van der Waals surface area contributed by atoms with Crippen LogP contribution in [0.4, 0.5) is 0 Å². The second-order valence-electron chi connectivity index (χ2n) is 4.75. The van der Waals surface area contributed by atoms with Crippen molar-refractivity contribution in [3.05, 3.63) is 24.2 Å². The van der Waals surface area contributed by atoms with Crippen LogP contribution in [-0.4, -0.2) is 50.1 Å². The van der Waals surface area contributed by atoms with Crippen LogP contribution in [-0.2, 0) is 9.53 Å². The van der Waals surface area contributed by atoms with Crippen LogP contribution in [0.2, 0.25) is 0 Å². The number of carbonyl (C=O) groups excluding carboxylic acids is 2. The number of furan rings is 1. The molecule has 6 nitrogen and oxygen atoms in total. The summed E-state index contributed by atoms with van der Waals surface area (Å²) in [6, 6.07) is 1.63. The van der Waals surface area contributed by atoms with Crippen LogP contribution in [0.3, 0.4) is 0 Å². The first-order valence-corrected chi connectivity index (χ1v) is 7.26. The second kappa shape index (κ2) is 9.99. The van der Waals surface area contributed by atoms with E-state index in [2.05, 4.69) is 5.32 Å². The van der Waals surface area contributed by atoms with Gasteiger partial charge in [0, 0.05) is 39.8 Å². The number of hydrogen-bond donors (Lipinski definition) is 1. The predicted octanol–water partition coefficient (Wildman–Crippen LogP) is 1.67. The molecule has 0 bridgehead atoms. The van der Waals surface area contributed by atoms with Crippen molar-refractivity contribution in [2.45, 2.75) is 26.2 Å². The van der Waals surface area contributed by atoms with Crippen molar-refractivity contribution in [2.75, 3.05) is 33.4 Å². The number of carbonyl (C=O) groups is 2. The van der Waals surface area contributed by atoms with Gasteiger partial charge in [0.05, 0.1) is 11.8 Å². The Bertz CT molecular complexity index is 417. The van der Waals surface area contributed by atoms with Crippen molar-refractivity contribution >= 4 is 11.8 Å². The lowest BCUT2D eigenvalue weighted by Gasteiger charge is -2.21. The van der Waals surface area contributed by atoms with E-state index in [9.17, 15) is 9.59 Å². The topological polar surface area (TPSA) is 71.8 Å². The predicted molar refractivity (Wildman–Crippen MR) is 79.0 cm³/mol. The normalized spacial score (nSPS) is 10.4. The first kappa shape index (κ1) is 17.2. The summed E-state index contributed by atoms with van der Waals surface area (Å²) in [5.41, 5.74) is 0.501. The van der Waals surface area contributed by atoms with Crippen LogP contribution in [0.15, 0.2) is 23.0 Å². The lowest BCUT2D eigenvalue weighted by molar-refractivity contribution is -0.121. The fourth-order valence-corrected chi connectivity index (χ4v) is 1.87. The number of rotatable bonds is 10. The van der Waals surface area contributed by atoms with Gasteiger partial charge in [0.1, 0.15) is 6.26 Å². The van der Waals surface area contributed by atoms with E-state index in [1.165, 1.54) is 12.5 Å². The van der Waals surface area contributed by atoms with E-state index < -0.39 is 0 Å². The van der Waals surface area contributed by atoms with Crippen LogP contribution in [0.5, 0.6) is 0 Å². The molecule has 0 aromatic carbocycles. The molecule has 0 saturated carbocycles. The minimum Gasteiger partial charge on any atom is -0.472 e. The number of nitrogens with zero attached hydrogens (tertiary/aromatic N) is 1. The summed E-state index contributed by atoms with van der Waals surface area (Å²) in [6.45, 7) is 4.19. The molecule has 0 spiro atoms. The Morgan fingerprint density at radius 1 is 1.38 bits per heavy atom. The summed E-state index contributed by atoms with van der Waals surface area (Å²) in [6.07, 6.45) is 4.82. The van der Waals surface area contributed by atoms with Gasteiger partial charge in [0.15, 0.2) is 0 Å². The Kier molecular flexibility index (Phi) is 8.19. The molecule has 118 valence electrons. The Balaban J connectivity index is 2.51. The zero-order chi connectivity index (χ0) is 15.5. The molecule has 1 heterocycles. The van der Waals surface area contributed by atoms with E-state index in [1.54, 1.807) is 18.1 Å². The number of ether oxygens (including phenoxy) is 1. The molecule has 0 atom stereocenters. The smallest absolute Gasteiger partial charge is 0.257 e. The summed E-state index contributed by atoms with van der Waals surface area (Å²) in [7, 11) is 1.63. The van der Waals surface area contributed by atoms with Gasteiger partial charge >= 0.3 is 0 Å². The average Bonchev–Trinajstić information content (AvgIpc) is 3.02. The van der Waals surface area contributed by atoms with Gasteiger partial charge in [0.2, 0.25) is 5.91 Å². The molecule has 1 aromatic heterocycles. The van der Waals surface area contributed by atoms with Crippen molar-refractivity contribution in [1.29, 1.82) is 0 Å². The molecule has 2 amide bonds.